The molecule has 2 saturated heterocycles. The van der Waals surface area contributed by atoms with Gasteiger partial charge in [0.25, 0.3) is 0 Å². The second-order valence-corrected chi connectivity index (χ2v) is 24.0. The summed E-state index contributed by atoms with van der Waals surface area (Å²) in [4.78, 5) is 33.8. The number of amides is 4. The fourth-order valence-corrected chi connectivity index (χ4v) is 13.2. The lowest BCUT2D eigenvalue weighted by atomic mass is 10.1. The van der Waals surface area contributed by atoms with E-state index in [1.54, 1.807) is 30.0 Å². The third-order valence-corrected chi connectivity index (χ3v) is 17.5. The maximum absolute atomic E-state index is 12.3. The number of halogens is 4. The van der Waals surface area contributed by atoms with E-state index in [1.165, 1.54) is 0 Å². The van der Waals surface area contributed by atoms with Crippen LogP contribution < -0.4 is 40.2 Å². The van der Waals surface area contributed by atoms with Crippen molar-refractivity contribution >= 4 is 82.4 Å². The second kappa shape index (κ2) is 29.9. The molecular formula is C56H75Cl4N9O6S2. The van der Waals surface area contributed by atoms with Crippen LogP contribution in [0.1, 0.15) is 77.7 Å². The number of fused-ring (bicyclic) bond motifs is 2. The Morgan fingerprint density at radius 2 is 1.13 bits per heavy atom. The predicted octanol–water partition coefficient (Wildman–Crippen LogP) is 10.0. The Labute approximate surface area is 483 Å². The Balaban J connectivity index is 0.575. The number of hydrogen-bond donors (Lipinski definition) is 6. The van der Waals surface area contributed by atoms with Crippen LogP contribution in [0, 0.1) is 13.8 Å². The van der Waals surface area contributed by atoms with Crippen LogP contribution in [0.4, 0.5) is 9.59 Å². The minimum absolute atomic E-state index is 0.0483. The molecule has 2 aliphatic carbocycles. The van der Waals surface area contributed by atoms with Gasteiger partial charge in [0.2, 0.25) is 0 Å². The van der Waals surface area contributed by atoms with Crippen LogP contribution in [0.15, 0.2) is 70.5 Å². The third kappa shape index (κ3) is 17.8. The summed E-state index contributed by atoms with van der Waals surface area (Å²) in [5, 5.41) is 14.1. The van der Waals surface area contributed by atoms with Gasteiger partial charge in [-0.25, -0.2) is 9.59 Å². The molecule has 0 saturated carbocycles. The van der Waals surface area contributed by atoms with Gasteiger partial charge < -0.3 is 45.1 Å². The topological polar surface area (TPSA) is 153 Å². The number of benzene rings is 4. The molecule has 8 rings (SSSR count). The van der Waals surface area contributed by atoms with E-state index < -0.39 is 0 Å². The lowest BCUT2D eigenvalue weighted by molar-refractivity contribution is 0.110. The highest BCUT2D eigenvalue weighted by molar-refractivity contribution is 7.97. The molecule has 4 aromatic rings. The summed E-state index contributed by atoms with van der Waals surface area (Å²) in [7, 11) is 4.14. The van der Waals surface area contributed by atoms with Gasteiger partial charge in [0.15, 0.2) is 0 Å². The average molecular weight is 1180 g/mol. The summed E-state index contributed by atoms with van der Waals surface area (Å²) in [6.45, 7) is 13.8. The summed E-state index contributed by atoms with van der Waals surface area (Å²) in [6.07, 6.45) is 6.01. The Bertz CT molecular complexity index is 2610. The van der Waals surface area contributed by atoms with Crippen LogP contribution in [-0.2, 0) is 22.3 Å². The van der Waals surface area contributed by atoms with Gasteiger partial charge in [0, 0.05) is 99.9 Å². The first-order valence-corrected chi connectivity index (χ1v) is 30.1. The van der Waals surface area contributed by atoms with Gasteiger partial charge in [-0.2, -0.15) is 0 Å². The molecule has 0 aromatic heterocycles. The predicted molar refractivity (Wildman–Crippen MR) is 313 cm³/mol. The van der Waals surface area contributed by atoms with E-state index in [9.17, 15) is 9.59 Å². The number of ether oxygens (including phenoxy) is 4. The zero-order chi connectivity index (χ0) is 54.3. The van der Waals surface area contributed by atoms with Crippen molar-refractivity contribution in [3.05, 3.63) is 114 Å². The molecule has 4 amide bonds. The quantitative estimate of drug-likeness (QED) is 0.0237. The van der Waals surface area contributed by atoms with Crippen LogP contribution in [0.25, 0.3) is 0 Å². The maximum Gasteiger partial charge on any atom is 0.314 e. The second-order valence-electron chi connectivity index (χ2n) is 20.5. The highest BCUT2D eigenvalue weighted by atomic mass is 35.5. The van der Waals surface area contributed by atoms with Crippen molar-refractivity contribution in [3.8, 4) is 11.5 Å². The van der Waals surface area contributed by atoms with Crippen molar-refractivity contribution in [2.45, 2.75) is 98.9 Å². The van der Waals surface area contributed by atoms with Crippen LogP contribution in [0.3, 0.4) is 0 Å². The molecule has 0 unspecified atom stereocenters. The first-order chi connectivity index (χ1) is 37.3. The van der Waals surface area contributed by atoms with Crippen LogP contribution >= 0.6 is 70.3 Å². The molecule has 5 atom stereocenters. The van der Waals surface area contributed by atoms with Crippen molar-refractivity contribution in [1.29, 1.82) is 0 Å². The normalized spacial score (nSPS) is 20.1. The number of nitrogens with zero attached hydrogens (tertiary/aromatic N) is 3. The van der Waals surface area contributed by atoms with Gasteiger partial charge in [0.05, 0.1) is 32.5 Å². The van der Waals surface area contributed by atoms with Crippen LogP contribution in [-0.4, -0.2) is 151 Å². The van der Waals surface area contributed by atoms with Crippen molar-refractivity contribution < 1.29 is 28.5 Å². The minimum Gasteiger partial charge on any atom is -0.485 e. The number of carbonyl (C=O) groups is 2. The number of nitrogens with one attached hydrogen (secondary N) is 6. The third-order valence-electron chi connectivity index (χ3n) is 14.5. The van der Waals surface area contributed by atoms with E-state index in [2.05, 4.69) is 110 Å². The van der Waals surface area contributed by atoms with Gasteiger partial charge in [-0.1, -0.05) is 46.4 Å². The molecule has 77 heavy (non-hydrogen) atoms. The van der Waals surface area contributed by atoms with E-state index >= 15 is 0 Å². The number of carbonyl (C=O) groups excluding carboxylic acids is 2. The van der Waals surface area contributed by atoms with E-state index in [0.29, 0.717) is 84.8 Å². The van der Waals surface area contributed by atoms with Crippen LogP contribution in [0.2, 0.25) is 20.1 Å². The number of likely N-dealkylation sites (tertiary alicyclic amines) is 2. The van der Waals surface area contributed by atoms with E-state index in [4.69, 9.17) is 65.4 Å². The van der Waals surface area contributed by atoms with Gasteiger partial charge in [-0.15, -0.1) is 0 Å². The standard InChI is InChI=1S/C56H75Cl4N9O6S2/c1-36-27-42(7-10-51(36)74-53-12-9-44-46(53)29-38(57)31-48(44)59)76-65-40-13-19-68(34-40)21-25-72-23-17-63-55(70)61-15-5-6-16-62-56(71)64-18-24-73-26-22-69-20-14-41(35-69)66-77-43-8-11-52(37(2)28-43)75-54-47-30-39(58)32-49(60)45(47)33-50(54)67(3)4/h7-8,10-11,27-32,40-41,50,53-54,65-66H,5-6,9,12-26,33-35H2,1-4H3,(H2,61,63,70)(H2,62,64,71)/t40-,41-,50+,53-,54+/m1/s1. The number of hydrogen-bond acceptors (Lipinski definition) is 13. The minimum atomic E-state index is -0.222. The lowest BCUT2D eigenvalue weighted by Gasteiger charge is -2.28. The number of rotatable bonds is 28. The Hall–Kier alpha value is -3.40. The molecule has 6 N–H and O–H groups in total. The van der Waals surface area contributed by atoms with Crippen molar-refractivity contribution in [1.82, 2.24) is 45.4 Å². The number of urea groups is 2. The summed E-state index contributed by atoms with van der Waals surface area (Å²) in [6, 6.07) is 20.7. The zero-order valence-corrected chi connectivity index (χ0v) is 49.3. The first kappa shape index (κ1) is 59.7. The van der Waals surface area contributed by atoms with Gasteiger partial charge >= 0.3 is 12.1 Å². The molecule has 420 valence electrons. The maximum atomic E-state index is 12.3. The fraction of sp³-hybridized carbons (Fsp3) is 0.536. The Kier molecular flexibility index (Phi) is 23.2. The van der Waals surface area contributed by atoms with E-state index in [1.807, 2.05) is 18.2 Å². The molecule has 0 radical (unpaired) electrons. The summed E-state index contributed by atoms with van der Waals surface area (Å²) in [5.74, 6) is 1.73. The van der Waals surface area contributed by atoms with Gasteiger partial charge in [0.1, 0.15) is 23.7 Å². The number of unbranched alkanes of at least 4 members (excludes halogenated alkanes) is 1. The summed E-state index contributed by atoms with van der Waals surface area (Å²) in [5.41, 5.74) is 6.56. The molecule has 0 bridgehead atoms. The SMILES string of the molecule is Cc1cc(SN[C@@H]2CCN(CCOCCNC(=O)NCCCCNC(=O)NCCOCCN3CC[C@@H](NSc4ccc(O[C@H]5c6cc(Cl)cc(Cl)c6C[C@@H]5N(C)C)c(C)c4)C3)C2)ccc1O[C@@H]1CCc2c(Cl)cc(Cl)cc21. The first-order valence-electron chi connectivity index (χ1n) is 26.9. The molecule has 0 spiro atoms. The Morgan fingerprint density at radius 3 is 1.66 bits per heavy atom. The van der Waals surface area contributed by atoms with E-state index in [-0.39, 0.29) is 30.3 Å². The number of aryl methyl sites for hydroxylation is 2. The molecule has 2 fully saturated rings. The fourth-order valence-electron chi connectivity index (χ4n) is 10.3. The number of likely N-dealkylation sites (N-methyl/N-ethyl adjacent to an activating group) is 1. The zero-order valence-electron chi connectivity index (χ0n) is 44.6. The highest BCUT2D eigenvalue weighted by Gasteiger charge is 2.38. The van der Waals surface area contributed by atoms with Crippen molar-refractivity contribution in [2.75, 3.05) is 106 Å². The van der Waals surface area contributed by atoms with Crippen LogP contribution in [0.5, 0.6) is 11.5 Å². The molecule has 15 nitrogen and oxygen atoms in total. The summed E-state index contributed by atoms with van der Waals surface area (Å²) >= 11 is 29.0. The highest BCUT2D eigenvalue weighted by Crippen LogP contribution is 2.44. The molecule has 4 aliphatic rings. The molecule has 21 heteroatoms. The lowest BCUT2D eigenvalue weighted by Crippen LogP contribution is -2.39. The molecular weight excluding hydrogens is 1100 g/mol. The van der Waals surface area contributed by atoms with Crippen molar-refractivity contribution in [2.24, 2.45) is 0 Å². The van der Waals surface area contributed by atoms with Gasteiger partial charge in [-0.05, 0) is 198 Å². The summed E-state index contributed by atoms with van der Waals surface area (Å²) < 4.78 is 32.0. The largest absolute Gasteiger partial charge is 0.485 e. The van der Waals surface area contributed by atoms with Gasteiger partial charge in [-0.3, -0.25) is 19.2 Å². The Morgan fingerprint density at radius 1 is 0.623 bits per heavy atom. The smallest absolute Gasteiger partial charge is 0.314 e. The molecule has 4 aromatic carbocycles. The molecule has 2 heterocycles. The van der Waals surface area contributed by atoms with Crippen molar-refractivity contribution in [3.63, 3.8) is 0 Å². The average Bonchev–Trinajstić information content (AvgIpc) is 4.24. The van der Waals surface area contributed by atoms with E-state index in [0.717, 1.165) is 139 Å². The monoisotopic (exact) mass is 1170 g/mol. The molecule has 2 aliphatic heterocycles.